The van der Waals surface area contributed by atoms with Gasteiger partial charge in [-0.3, -0.25) is 9.59 Å². The largest absolute Gasteiger partial charge is 0.483 e. The zero-order valence-electron chi connectivity index (χ0n) is 11.4. The molecule has 2 aromatic rings. The predicted molar refractivity (Wildman–Crippen MR) is 78.6 cm³/mol. The average Bonchev–Trinajstić information content (AvgIpc) is 3.01. The van der Waals surface area contributed by atoms with Crippen molar-refractivity contribution >= 4 is 23.1 Å². The Morgan fingerprint density at radius 1 is 1.29 bits per heavy atom. The van der Waals surface area contributed by atoms with E-state index in [1.807, 2.05) is 23.6 Å². The summed E-state index contributed by atoms with van der Waals surface area (Å²) in [5.41, 5.74) is 0.434. The zero-order chi connectivity index (χ0) is 14.8. The molecular weight excluding hydrogens is 288 g/mol. The number of hydrogen-bond acceptors (Lipinski definition) is 5. The standard InChI is InChI=1S/C16H14O4S/c1-2-19-16(18)13-14(17)10-6-3-4-7-11(10)20-15(13)12-8-5-9-21-12/h3-9,13,15H,2H2,1H3. The molecule has 0 radical (unpaired) electrons. The van der Waals surface area contributed by atoms with Crippen molar-refractivity contribution in [1.29, 1.82) is 0 Å². The molecule has 2 atom stereocenters. The fourth-order valence-corrected chi connectivity index (χ4v) is 3.21. The highest BCUT2D eigenvalue weighted by atomic mass is 32.1. The Balaban J connectivity index is 2.05. The lowest BCUT2D eigenvalue weighted by Crippen LogP contribution is -2.37. The van der Waals surface area contributed by atoms with Gasteiger partial charge in [-0.2, -0.15) is 0 Å². The van der Waals surface area contributed by atoms with Gasteiger partial charge >= 0.3 is 5.97 Å². The van der Waals surface area contributed by atoms with Crippen LogP contribution in [0.15, 0.2) is 41.8 Å². The van der Waals surface area contributed by atoms with E-state index in [9.17, 15) is 9.59 Å². The smallest absolute Gasteiger partial charge is 0.321 e. The van der Waals surface area contributed by atoms with Gasteiger partial charge < -0.3 is 9.47 Å². The van der Waals surface area contributed by atoms with Crippen molar-refractivity contribution in [3.63, 3.8) is 0 Å². The van der Waals surface area contributed by atoms with Crippen molar-refractivity contribution in [3.05, 3.63) is 52.2 Å². The van der Waals surface area contributed by atoms with Crippen molar-refractivity contribution in [2.45, 2.75) is 13.0 Å². The van der Waals surface area contributed by atoms with Gasteiger partial charge in [0.05, 0.1) is 12.2 Å². The monoisotopic (exact) mass is 302 g/mol. The molecule has 0 aliphatic carbocycles. The van der Waals surface area contributed by atoms with Gasteiger partial charge in [-0.1, -0.05) is 18.2 Å². The van der Waals surface area contributed by atoms with Gasteiger partial charge in [-0.05, 0) is 30.5 Å². The first-order valence-corrected chi connectivity index (χ1v) is 7.60. The van der Waals surface area contributed by atoms with Crippen LogP contribution in [0.1, 0.15) is 28.3 Å². The lowest BCUT2D eigenvalue weighted by atomic mass is 9.88. The van der Waals surface area contributed by atoms with Gasteiger partial charge in [-0.25, -0.2) is 0 Å². The lowest BCUT2D eigenvalue weighted by Gasteiger charge is -2.30. The predicted octanol–water partition coefficient (Wildman–Crippen LogP) is 3.24. The molecular formula is C16H14O4S. The Bertz CT molecular complexity index is 663. The van der Waals surface area contributed by atoms with E-state index in [-0.39, 0.29) is 12.4 Å². The van der Waals surface area contributed by atoms with Crippen LogP contribution in [0.3, 0.4) is 0 Å². The van der Waals surface area contributed by atoms with Gasteiger partial charge in [-0.15, -0.1) is 11.3 Å². The molecule has 1 aliphatic heterocycles. The van der Waals surface area contributed by atoms with E-state index >= 15 is 0 Å². The number of carbonyl (C=O) groups is 2. The molecule has 0 amide bonds. The Morgan fingerprint density at radius 3 is 2.81 bits per heavy atom. The maximum absolute atomic E-state index is 12.7. The minimum Gasteiger partial charge on any atom is -0.483 e. The number of Topliss-reactive ketones (excluding diaryl/α,β-unsaturated/α-hetero) is 1. The molecule has 2 heterocycles. The molecule has 4 nitrogen and oxygen atoms in total. The van der Waals surface area contributed by atoms with E-state index < -0.39 is 18.0 Å². The van der Waals surface area contributed by atoms with Gasteiger partial charge in [0.1, 0.15) is 5.75 Å². The number of esters is 1. The summed E-state index contributed by atoms with van der Waals surface area (Å²) in [7, 11) is 0. The third-order valence-corrected chi connectivity index (χ3v) is 4.29. The quantitative estimate of drug-likeness (QED) is 0.645. The fraction of sp³-hybridized carbons (Fsp3) is 0.250. The van der Waals surface area contributed by atoms with Crippen LogP contribution >= 0.6 is 11.3 Å². The zero-order valence-corrected chi connectivity index (χ0v) is 12.3. The SMILES string of the molecule is CCOC(=O)C1C(=O)c2ccccc2OC1c1cccs1. The van der Waals surface area contributed by atoms with Crippen LogP contribution < -0.4 is 4.74 Å². The second-order valence-electron chi connectivity index (χ2n) is 4.64. The highest BCUT2D eigenvalue weighted by Gasteiger charge is 2.44. The summed E-state index contributed by atoms with van der Waals surface area (Å²) in [5.74, 6) is -1.20. The van der Waals surface area contributed by atoms with Gasteiger partial charge in [0.2, 0.25) is 0 Å². The number of ether oxygens (including phenoxy) is 2. The first-order valence-electron chi connectivity index (χ1n) is 6.72. The first-order chi connectivity index (χ1) is 10.2. The highest BCUT2D eigenvalue weighted by molar-refractivity contribution is 7.10. The van der Waals surface area contributed by atoms with Gasteiger partial charge in [0, 0.05) is 4.88 Å². The molecule has 0 saturated carbocycles. The molecule has 0 bridgehead atoms. The number of para-hydroxylation sites is 1. The number of rotatable bonds is 3. The normalized spacial score (nSPS) is 20.5. The Kier molecular flexibility index (Phi) is 3.75. The molecule has 1 aromatic carbocycles. The maximum Gasteiger partial charge on any atom is 0.321 e. The summed E-state index contributed by atoms with van der Waals surface area (Å²) in [6.07, 6.45) is -0.619. The molecule has 1 aliphatic rings. The molecule has 2 unspecified atom stereocenters. The second-order valence-corrected chi connectivity index (χ2v) is 5.62. The molecule has 108 valence electrons. The molecule has 0 N–H and O–H groups in total. The van der Waals surface area contributed by atoms with Crippen LogP contribution in [0.5, 0.6) is 5.75 Å². The number of thiophene rings is 1. The molecule has 0 saturated heterocycles. The van der Waals surface area contributed by atoms with Crippen molar-refractivity contribution in [2.24, 2.45) is 5.92 Å². The summed E-state index contributed by atoms with van der Waals surface area (Å²) in [6.45, 7) is 1.96. The van der Waals surface area contributed by atoms with Crippen molar-refractivity contribution in [1.82, 2.24) is 0 Å². The van der Waals surface area contributed by atoms with Crippen LogP contribution in [0, 0.1) is 5.92 Å². The number of carbonyl (C=O) groups excluding carboxylic acids is 2. The third kappa shape index (κ3) is 2.45. The molecule has 21 heavy (non-hydrogen) atoms. The summed E-state index contributed by atoms with van der Waals surface area (Å²) in [6, 6.07) is 10.7. The van der Waals surface area contributed by atoms with Gasteiger partial charge in [0.15, 0.2) is 17.8 Å². The minimum atomic E-state index is -0.946. The van der Waals surface area contributed by atoms with E-state index in [1.165, 1.54) is 11.3 Å². The van der Waals surface area contributed by atoms with E-state index in [2.05, 4.69) is 0 Å². The van der Waals surface area contributed by atoms with Crippen LogP contribution in [0.4, 0.5) is 0 Å². The lowest BCUT2D eigenvalue weighted by molar-refractivity contribution is -0.149. The average molecular weight is 302 g/mol. The molecule has 0 fully saturated rings. The van der Waals surface area contributed by atoms with E-state index in [4.69, 9.17) is 9.47 Å². The Morgan fingerprint density at radius 2 is 2.10 bits per heavy atom. The summed E-state index contributed by atoms with van der Waals surface area (Å²) < 4.78 is 11.0. The van der Waals surface area contributed by atoms with E-state index in [0.29, 0.717) is 11.3 Å². The van der Waals surface area contributed by atoms with Crippen LogP contribution in [0.2, 0.25) is 0 Å². The van der Waals surface area contributed by atoms with Crippen LogP contribution in [0.25, 0.3) is 0 Å². The van der Waals surface area contributed by atoms with E-state index in [1.54, 1.807) is 25.1 Å². The topological polar surface area (TPSA) is 52.6 Å². The number of hydrogen-bond donors (Lipinski definition) is 0. The van der Waals surface area contributed by atoms with Crippen LogP contribution in [-0.4, -0.2) is 18.4 Å². The Labute approximate surface area is 126 Å². The van der Waals surface area contributed by atoms with Crippen molar-refractivity contribution in [2.75, 3.05) is 6.61 Å². The maximum atomic E-state index is 12.7. The van der Waals surface area contributed by atoms with Crippen molar-refractivity contribution < 1.29 is 19.1 Å². The molecule has 3 rings (SSSR count). The highest BCUT2D eigenvalue weighted by Crippen LogP contribution is 2.40. The second kappa shape index (κ2) is 5.69. The summed E-state index contributed by atoms with van der Waals surface area (Å²) >= 11 is 1.46. The van der Waals surface area contributed by atoms with Gasteiger partial charge in [0.25, 0.3) is 0 Å². The number of fused-ring (bicyclic) bond motifs is 1. The Hall–Kier alpha value is -2.14. The van der Waals surface area contributed by atoms with Crippen LogP contribution in [-0.2, 0) is 9.53 Å². The minimum absolute atomic E-state index is 0.238. The molecule has 0 spiro atoms. The molecule has 1 aromatic heterocycles. The fourth-order valence-electron chi connectivity index (χ4n) is 2.42. The summed E-state index contributed by atoms with van der Waals surface area (Å²) in [5, 5.41) is 1.89. The summed E-state index contributed by atoms with van der Waals surface area (Å²) in [4.78, 5) is 25.7. The number of benzene rings is 1. The third-order valence-electron chi connectivity index (χ3n) is 3.36. The number of ketones is 1. The van der Waals surface area contributed by atoms with E-state index in [0.717, 1.165) is 4.88 Å². The molecule has 5 heteroatoms. The van der Waals surface area contributed by atoms with Crippen molar-refractivity contribution in [3.8, 4) is 5.75 Å². The first kappa shape index (κ1) is 13.8.